The Kier molecular flexibility index (Phi) is 4.57. The van der Waals surface area contributed by atoms with Crippen LogP contribution in [0.2, 0.25) is 0 Å². The van der Waals surface area contributed by atoms with E-state index < -0.39 is 11.6 Å². The van der Waals surface area contributed by atoms with Crippen LogP contribution >= 0.6 is 0 Å². The van der Waals surface area contributed by atoms with E-state index in [4.69, 9.17) is 4.74 Å². The molecule has 0 saturated heterocycles. The maximum absolute atomic E-state index is 14.7. The lowest BCUT2D eigenvalue weighted by Gasteiger charge is -2.14. The average molecular weight is 342 g/mol. The Morgan fingerprint density at radius 1 is 1.04 bits per heavy atom. The van der Waals surface area contributed by atoms with E-state index in [0.717, 1.165) is 11.3 Å². The maximum atomic E-state index is 14.7. The van der Waals surface area contributed by atoms with Crippen molar-refractivity contribution in [3.05, 3.63) is 65.1 Å². The molecule has 1 aromatic heterocycles. The Hall–Kier alpha value is -2.69. The van der Waals surface area contributed by atoms with Gasteiger partial charge in [-0.1, -0.05) is 12.1 Å². The van der Waals surface area contributed by atoms with E-state index in [1.165, 1.54) is 12.1 Å². The van der Waals surface area contributed by atoms with Crippen LogP contribution in [0.1, 0.15) is 24.0 Å². The highest BCUT2D eigenvalue weighted by Gasteiger charge is 2.22. The third-order valence-electron chi connectivity index (χ3n) is 4.04. The summed E-state index contributed by atoms with van der Waals surface area (Å²) in [5.74, 6) is -0.483. The summed E-state index contributed by atoms with van der Waals surface area (Å²) in [5, 5.41) is 0. The number of benzene rings is 2. The van der Waals surface area contributed by atoms with Gasteiger partial charge in [-0.3, -0.25) is 4.57 Å². The van der Waals surface area contributed by atoms with Gasteiger partial charge in [0.2, 0.25) is 0 Å². The van der Waals surface area contributed by atoms with Gasteiger partial charge in [0.25, 0.3) is 0 Å². The standard InChI is InChI=1S/C20H20F2N2O/c1-5-25-16-10-17(21)19(18(22)11-16)20-13(3)23-14(4)24(20)15-8-6-7-12(2)9-15/h6-11H,5H2,1-4H3. The van der Waals surface area contributed by atoms with Crippen LogP contribution in [0.15, 0.2) is 36.4 Å². The predicted molar refractivity (Wildman–Crippen MR) is 94.3 cm³/mol. The molecule has 0 aliphatic carbocycles. The van der Waals surface area contributed by atoms with Gasteiger partial charge >= 0.3 is 0 Å². The molecule has 0 N–H and O–H groups in total. The minimum Gasteiger partial charge on any atom is -0.494 e. The van der Waals surface area contributed by atoms with Crippen LogP contribution in [0.5, 0.6) is 5.75 Å². The zero-order valence-corrected chi connectivity index (χ0v) is 14.7. The highest BCUT2D eigenvalue weighted by Crippen LogP contribution is 2.34. The fraction of sp³-hybridized carbons (Fsp3) is 0.250. The van der Waals surface area contributed by atoms with Gasteiger partial charge in [0, 0.05) is 17.8 Å². The second-order valence-corrected chi connectivity index (χ2v) is 5.96. The summed E-state index contributed by atoms with van der Waals surface area (Å²) in [6.45, 7) is 7.66. The summed E-state index contributed by atoms with van der Waals surface area (Å²) < 4.78 is 36.5. The summed E-state index contributed by atoms with van der Waals surface area (Å²) in [6, 6.07) is 10.2. The topological polar surface area (TPSA) is 27.1 Å². The van der Waals surface area contributed by atoms with Crippen molar-refractivity contribution in [2.24, 2.45) is 0 Å². The van der Waals surface area contributed by atoms with Crippen LogP contribution in [-0.4, -0.2) is 16.2 Å². The van der Waals surface area contributed by atoms with E-state index in [1.807, 2.05) is 38.1 Å². The molecular formula is C20H20F2N2O. The summed E-state index contributed by atoms with van der Waals surface area (Å²) >= 11 is 0. The van der Waals surface area contributed by atoms with Gasteiger partial charge in [-0.05, 0) is 45.4 Å². The molecule has 0 aliphatic heterocycles. The zero-order chi connectivity index (χ0) is 18.1. The van der Waals surface area contributed by atoms with Gasteiger partial charge in [0.15, 0.2) is 0 Å². The predicted octanol–water partition coefficient (Wildman–Crippen LogP) is 5.14. The van der Waals surface area contributed by atoms with Gasteiger partial charge in [-0.25, -0.2) is 13.8 Å². The Morgan fingerprint density at radius 3 is 2.32 bits per heavy atom. The molecule has 25 heavy (non-hydrogen) atoms. The molecule has 2 aromatic carbocycles. The number of aryl methyl sites for hydroxylation is 3. The maximum Gasteiger partial charge on any atom is 0.139 e. The molecule has 3 nitrogen and oxygen atoms in total. The fourth-order valence-electron chi connectivity index (χ4n) is 3.07. The van der Waals surface area contributed by atoms with Gasteiger partial charge < -0.3 is 4.74 Å². The molecule has 0 radical (unpaired) electrons. The number of imidazole rings is 1. The number of ether oxygens (including phenoxy) is 1. The molecule has 5 heteroatoms. The van der Waals surface area contributed by atoms with Crippen molar-refractivity contribution in [3.63, 3.8) is 0 Å². The lowest BCUT2D eigenvalue weighted by Crippen LogP contribution is -2.04. The molecule has 0 aliphatic rings. The smallest absolute Gasteiger partial charge is 0.139 e. The van der Waals surface area contributed by atoms with E-state index in [-0.39, 0.29) is 11.3 Å². The second-order valence-electron chi connectivity index (χ2n) is 5.96. The molecule has 0 bridgehead atoms. The van der Waals surface area contributed by atoms with Crippen molar-refractivity contribution in [2.45, 2.75) is 27.7 Å². The Balaban J connectivity index is 2.26. The summed E-state index contributed by atoms with van der Waals surface area (Å²) in [6.07, 6.45) is 0. The lowest BCUT2D eigenvalue weighted by molar-refractivity contribution is 0.336. The Labute approximate surface area is 145 Å². The number of rotatable bonds is 4. The minimum absolute atomic E-state index is 0.0944. The van der Waals surface area contributed by atoms with E-state index in [1.54, 1.807) is 18.4 Å². The van der Waals surface area contributed by atoms with Crippen LogP contribution in [-0.2, 0) is 0 Å². The van der Waals surface area contributed by atoms with Crippen molar-refractivity contribution in [2.75, 3.05) is 6.61 Å². The molecule has 0 saturated carbocycles. The van der Waals surface area contributed by atoms with Gasteiger partial charge in [-0.15, -0.1) is 0 Å². The normalized spacial score (nSPS) is 11.0. The highest BCUT2D eigenvalue weighted by atomic mass is 19.1. The largest absolute Gasteiger partial charge is 0.494 e. The molecule has 0 unspecified atom stereocenters. The first-order valence-corrected chi connectivity index (χ1v) is 8.17. The number of aromatic nitrogens is 2. The van der Waals surface area contributed by atoms with E-state index >= 15 is 0 Å². The van der Waals surface area contributed by atoms with Gasteiger partial charge in [0.1, 0.15) is 23.2 Å². The Bertz CT molecular complexity index is 908. The van der Waals surface area contributed by atoms with Crippen molar-refractivity contribution in [1.82, 2.24) is 9.55 Å². The van der Waals surface area contributed by atoms with E-state index in [2.05, 4.69) is 4.98 Å². The monoisotopic (exact) mass is 342 g/mol. The van der Waals surface area contributed by atoms with Crippen molar-refractivity contribution >= 4 is 0 Å². The molecule has 0 spiro atoms. The summed E-state index contributed by atoms with van der Waals surface area (Å²) in [7, 11) is 0. The number of nitrogens with zero attached hydrogens (tertiary/aromatic N) is 2. The van der Waals surface area contributed by atoms with Crippen LogP contribution in [0.4, 0.5) is 8.78 Å². The van der Waals surface area contributed by atoms with Crippen LogP contribution in [0.3, 0.4) is 0 Å². The van der Waals surface area contributed by atoms with Crippen LogP contribution < -0.4 is 4.74 Å². The van der Waals surface area contributed by atoms with Crippen LogP contribution in [0, 0.1) is 32.4 Å². The molecule has 3 aromatic rings. The van der Waals surface area contributed by atoms with Crippen LogP contribution in [0.25, 0.3) is 16.9 Å². The van der Waals surface area contributed by atoms with Crippen molar-refractivity contribution < 1.29 is 13.5 Å². The molecule has 130 valence electrons. The van der Waals surface area contributed by atoms with E-state index in [0.29, 0.717) is 23.8 Å². The Morgan fingerprint density at radius 2 is 1.72 bits per heavy atom. The molecular weight excluding hydrogens is 322 g/mol. The van der Waals surface area contributed by atoms with E-state index in [9.17, 15) is 8.78 Å². The third kappa shape index (κ3) is 3.14. The first-order chi connectivity index (χ1) is 11.9. The highest BCUT2D eigenvalue weighted by molar-refractivity contribution is 5.68. The van der Waals surface area contributed by atoms with Gasteiger partial charge in [0.05, 0.1) is 23.6 Å². The molecule has 0 fully saturated rings. The zero-order valence-electron chi connectivity index (χ0n) is 14.7. The summed E-state index contributed by atoms with van der Waals surface area (Å²) in [5.41, 5.74) is 2.77. The summed E-state index contributed by atoms with van der Waals surface area (Å²) in [4.78, 5) is 4.43. The first-order valence-electron chi connectivity index (χ1n) is 8.17. The molecule has 3 rings (SSSR count). The lowest BCUT2D eigenvalue weighted by atomic mass is 10.1. The fourth-order valence-corrected chi connectivity index (χ4v) is 3.07. The quantitative estimate of drug-likeness (QED) is 0.656. The number of halogens is 2. The third-order valence-corrected chi connectivity index (χ3v) is 4.04. The second kappa shape index (κ2) is 6.67. The average Bonchev–Trinajstić information content (AvgIpc) is 2.81. The van der Waals surface area contributed by atoms with Crippen molar-refractivity contribution in [3.8, 4) is 22.7 Å². The SMILES string of the molecule is CCOc1cc(F)c(-c2c(C)nc(C)n2-c2cccc(C)c2)c(F)c1. The molecule has 0 atom stereocenters. The first kappa shape index (κ1) is 17.1. The minimum atomic E-state index is -0.666. The number of hydrogen-bond acceptors (Lipinski definition) is 2. The molecule has 1 heterocycles. The van der Waals surface area contributed by atoms with Gasteiger partial charge in [-0.2, -0.15) is 0 Å². The van der Waals surface area contributed by atoms with Crippen molar-refractivity contribution in [1.29, 1.82) is 0 Å². The molecule has 0 amide bonds. The number of hydrogen-bond donors (Lipinski definition) is 0.